The molecule has 0 aromatic heterocycles. The smallest absolute Gasteiger partial charge is 0.246 e. The van der Waals surface area contributed by atoms with Crippen molar-refractivity contribution in [3.05, 3.63) is 52.1 Å². The SMILES string of the molecule is C[C@@H](Nc1ccc(I)cc1)C(=O)Nc1ccc(N2CCOCC2)cc1. The minimum Gasteiger partial charge on any atom is -0.378 e. The van der Waals surface area contributed by atoms with Crippen molar-refractivity contribution in [1.29, 1.82) is 0 Å². The van der Waals surface area contributed by atoms with Gasteiger partial charge in [-0.05, 0) is 78.0 Å². The van der Waals surface area contributed by atoms with Gasteiger partial charge in [0.1, 0.15) is 6.04 Å². The Kier molecular flexibility index (Phi) is 6.14. The molecule has 1 aliphatic heterocycles. The standard InChI is InChI=1S/C19H22IN3O2/c1-14(21-16-4-2-15(20)3-5-16)19(24)22-17-6-8-18(9-7-17)23-10-12-25-13-11-23/h2-9,14,21H,10-13H2,1H3,(H,22,24)/t14-/m1/s1. The second-order valence-corrected chi connectivity index (χ2v) is 7.25. The first kappa shape index (κ1) is 18.0. The lowest BCUT2D eigenvalue weighted by atomic mass is 10.2. The van der Waals surface area contributed by atoms with Crippen LogP contribution in [0.15, 0.2) is 48.5 Å². The Bertz CT molecular complexity index is 698. The summed E-state index contributed by atoms with van der Waals surface area (Å²) < 4.78 is 6.54. The monoisotopic (exact) mass is 451 g/mol. The largest absolute Gasteiger partial charge is 0.378 e. The van der Waals surface area contributed by atoms with Crippen LogP contribution in [0.25, 0.3) is 0 Å². The summed E-state index contributed by atoms with van der Waals surface area (Å²) in [5.41, 5.74) is 2.90. The van der Waals surface area contributed by atoms with Gasteiger partial charge < -0.3 is 20.3 Å². The van der Waals surface area contributed by atoms with E-state index in [4.69, 9.17) is 4.74 Å². The molecule has 0 aliphatic carbocycles. The summed E-state index contributed by atoms with van der Waals surface area (Å²) in [5.74, 6) is -0.0577. The van der Waals surface area contributed by atoms with Crippen LogP contribution >= 0.6 is 22.6 Å². The second-order valence-electron chi connectivity index (χ2n) is 6.01. The normalized spacial score (nSPS) is 15.5. The Morgan fingerprint density at radius 2 is 1.64 bits per heavy atom. The van der Waals surface area contributed by atoms with Crippen molar-refractivity contribution < 1.29 is 9.53 Å². The summed E-state index contributed by atoms with van der Waals surface area (Å²) in [6.45, 7) is 5.20. The molecule has 0 bridgehead atoms. The lowest BCUT2D eigenvalue weighted by molar-refractivity contribution is -0.116. The average Bonchev–Trinajstić information content (AvgIpc) is 2.65. The lowest BCUT2D eigenvalue weighted by Crippen LogP contribution is -2.36. The molecule has 0 radical (unpaired) electrons. The molecule has 3 rings (SSSR count). The number of morpholine rings is 1. The van der Waals surface area contributed by atoms with Crippen LogP contribution in [0.2, 0.25) is 0 Å². The molecule has 0 saturated carbocycles. The molecular formula is C19H22IN3O2. The number of nitrogens with one attached hydrogen (secondary N) is 2. The highest BCUT2D eigenvalue weighted by Crippen LogP contribution is 2.19. The lowest BCUT2D eigenvalue weighted by Gasteiger charge is -2.29. The van der Waals surface area contributed by atoms with Crippen LogP contribution in [0, 0.1) is 3.57 Å². The molecule has 2 N–H and O–H groups in total. The zero-order valence-corrected chi connectivity index (χ0v) is 16.3. The van der Waals surface area contributed by atoms with Crippen LogP contribution in [0.3, 0.4) is 0 Å². The Labute approximate surface area is 161 Å². The van der Waals surface area contributed by atoms with Gasteiger partial charge in [-0.3, -0.25) is 4.79 Å². The molecule has 2 aromatic carbocycles. The third-order valence-corrected chi connectivity index (χ3v) is 4.85. The van der Waals surface area contributed by atoms with E-state index in [0.717, 1.165) is 43.4 Å². The van der Waals surface area contributed by atoms with Gasteiger partial charge in [0.05, 0.1) is 13.2 Å². The molecule has 1 amide bonds. The van der Waals surface area contributed by atoms with E-state index in [2.05, 4.69) is 38.1 Å². The Morgan fingerprint density at radius 1 is 1.04 bits per heavy atom. The van der Waals surface area contributed by atoms with Crippen LogP contribution in [0.5, 0.6) is 0 Å². The fourth-order valence-corrected chi connectivity index (χ4v) is 3.05. The molecule has 25 heavy (non-hydrogen) atoms. The number of rotatable bonds is 5. The van der Waals surface area contributed by atoms with Crippen molar-refractivity contribution >= 4 is 45.6 Å². The summed E-state index contributed by atoms with van der Waals surface area (Å²) in [6, 6.07) is 15.6. The fraction of sp³-hybridized carbons (Fsp3) is 0.316. The van der Waals surface area contributed by atoms with Gasteiger partial charge in [0, 0.05) is 33.7 Å². The van der Waals surface area contributed by atoms with Crippen molar-refractivity contribution in [3.63, 3.8) is 0 Å². The maximum Gasteiger partial charge on any atom is 0.246 e. The number of nitrogens with zero attached hydrogens (tertiary/aromatic N) is 1. The molecule has 5 nitrogen and oxygen atoms in total. The van der Waals surface area contributed by atoms with E-state index in [1.54, 1.807) is 0 Å². The fourth-order valence-electron chi connectivity index (χ4n) is 2.69. The number of hydrogen-bond donors (Lipinski definition) is 2. The number of carbonyl (C=O) groups excluding carboxylic acids is 1. The molecule has 2 aromatic rings. The van der Waals surface area contributed by atoms with Crippen LogP contribution in [0.4, 0.5) is 17.1 Å². The van der Waals surface area contributed by atoms with Crippen LogP contribution in [-0.2, 0) is 9.53 Å². The van der Waals surface area contributed by atoms with Crippen LogP contribution in [0.1, 0.15) is 6.92 Å². The van der Waals surface area contributed by atoms with Crippen molar-refractivity contribution in [2.75, 3.05) is 41.8 Å². The van der Waals surface area contributed by atoms with Crippen molar-refractivity contribution in [2.45, 2.75) is 13.0 Å². The van der Waals surface area contributed by atoms with Crippen molar-refractivity contribution in [2.24, 2.45) is 0 Å². The number of ether oxygens (including phenoxy) is 1. The maximum absolute atomic E-state index is 12.4. The third-order valence-electron chi connectivity index (χ3n) is 4.13. The molecule has 1 fully saturated rings. The molecule has 1 aliphatic rings. The summed E-state index contributed by atoms with van der Waals surface area (Å²) in [5, 5.41) is 6.17. The Balaban J connectivity index is 1.55. The molecule has 1 heterocycles. The van der Waals surface area contributed by atoms with Gasteiger partial charge in [-0.1, -0.05) is 0 Å². The molecule has 6 heteroatoms. The van der Waals surface area contributed by atoms with E-state index in [-0.39, 0.29) is 11.9 Å². The number of benzene rings is 2. The quantitative estimate of drug-likeness (QED) is 0.683. The van der Waals surface area contributed by atoms with E-state index < -0.39 is 0 Å². The van der Waals surface area contributed by atoms with Crippen molar-refractivity contribution in [1.82, 2.24) is 0 Å². The molecular weight excluding hydrogens is 429 g/mol. The highest BCUT2D eigenvalue weighted by molar-refractivity contribution is 14.1. The summed E-state index contributed by atoms with van der Waals surface area (Å²) in [6.07, 6.45) is 0. The van der Waals surface area contributed by atoms with E-state index in [1.807, 2.05) is 55.5 Å². The summed E-state index contributed by atoms with van der Waals surface area (Å²) >= 11 is 2.26. The van der Waals surface area contributed by atoms with E-state index in [0.29, 0.717) is 0 Å². The van der Waals surface area contributed by atoms with E-state index in [1.165, 1.54) is 3.57 Å². The number of halogens is 1. The first-order valence-corrected chi connectivity index (χ1v) is 9.45. The second kappa shape index (κ2) is 8.53. The molecule has 1 saturated heterocycles. The van der Waals surface area contributed by atoms with E-state index in [9.17, 15) is 4.79 Å². The molecule has 1 atom stereocenters. The predicted octanol–water partition coefficient (Wildman–Crippen LogP) is 3.57. The topological polar surface area (TPSA) is 53.6 Å². The number of carbonyl (C=O) groups is 1. The van der Waals surface area contributed by atoms with Gasteiger partial charge in [0.25, 0.3) is 0 Å². The third kappa shape index (κ3) is 5.09. The minimum absolute atomic E-state index is 0.0577. The predicted molar refractivity (Wildman–Crippen MR) is 110 cm³/mol. The molecule has 0 spiro atoms. The maximum atomic E-state index is 12.4. The molecule has 0 unspecified atom stereocenters. The zero-order chi connectivity index (χ0) is 17.6. The highest BCUT2D eigenvalue weighted by Gasteiger charge is 2.14. The van der Waals surface area contributed by atoms with Gasteiger partial charge in [-0.25, -0.2) is 0 Å². The van der Waals surface area contributed by atoms with Gasteiger partial charge in [0.15, 0.2) is 0 Å². The van der Waals surface area contributed by atoms with Crippen molar-refractivity contribution in [3.8, 4) is 0 Å². The summed E-state index contributed by atoms with van der Waals surface area (Å²) in [7, 11) is 0. The average molecular weight is 451 g/mol. The van der Waals surface area contributed by atoms with Gasteiger partial charge in [-0.2, -0.15) is 0 Å². The first-order chi connectivity index (χ1) is 12.1. The number of hydrogen-bond acceptors (Lipinski definition) is 4. The number of anilines is 3. The minimum atomic E-state index is -0.320. The highest BCUT2D eigenvalue weighted by atomic mass is 127. The summed E-state index contributed by atoms with van der Waals surface area (Å²) in [4.78, 5) is 14.7. The Hall–Kier alpha value is -1.80. The zero-order valence-electron chi connectivity index (χ0n) is 14.2. The number of amides is 1. The Morgan fingerprint density at radius 3 is 2.28 bits per heavy atom. The van der Waals surface area contributed by atoms with Gasteiger partial charge in [-0.15, -0.1) is 0 Å². The van der Waals surface area contributed by atoms with Gasteiger partial charge >= 0.3 is 0 Å². The van der Waals surface area contributed by atoms with Gasteiger partial charge in [0.2, 0.25) is 5.91 Å². The van der Waals surface area contributed by atoms with E-state index >= 15 is 0 Å². The molecule has 132 valence electrons. The first-order valence-electron chi connectivity index (χ1n) is 8.37. The van der Waals surface area contributed by atoms with Crippen LogP contribution in [-0.4, -0.2) is 38.3 Å². The van der Waals surface area contributed by atoms with Crippen LogP contribution < -0.4 is 15.5 Å².